The fraction of sp³-hybridized carbons (Fsp3) is 0.362. The van der Waals surface area contributed by atoms with Crippen molar-refractivity contribution in [3.05, 3.63) is 107 Å². The molecule has 63 heavy (non-hydrogen) atoms. The number of rotatable bonds is 14. The average molecular weight is 874 g/mol. The van der Waals surface area contributed by atoms with Crippen LogP contribution >= 0.6 is 11.3 Å². The van der Waals surface area contributed by atoms with Gasteiger partial charge >= 0.3 is 7.12 Å². The van der Waals surface area contributed by atoms with E-state index in [-0.39, 0.29) is 24.6 Å². The van der Waals surface area contributed by atoms with Crippen molar-refractivity contribution in [1.82, 2.24) is 24.9 Å². The first-order valence-corrected chi connectivity index (χ1v) is 22.5. The van der Waals surface area contributed by atoms with E-state index in [1.807, 2.05) is 42.5 Å². The number of carbonyl (C=O) groups excluding carboxylic acids is 4. The molecule has 4 aromatic carbocycles. The highest BCUT2D eigenvalue weighted by atomic mass is 32.1. The summed E-state index contributed by atoms with van der Waals surface area (Å²) in [6.07, 6.45) is 3.30. The van der Waals surface area contributed by atoms with E-state index in [9.17, 15) is 33.6 Å². The summed E-state index contributed by atoms with van der Waals surface area (Å²) in [6, 6.07) is 23.5. The monoisotopic (exact) mass is 873 g/mol. The summed E-state index contributed by atoms with van der Waals surface area (Å²) in [5.41, 5.74) is 2.90. The van der Waals surface area contributed by atoms with E-state index >= 15 is 0 Å². The maximum Gasteiger partial charge on any atom is 0.488 e. The number of benzene rings is 4. The molecule has 0 radical (unpaired) electrons. The Morgan fingerprint density at radius 1 is 0.730 bits per heavy atom. The molecular weight excluding hydrogens is 824 g/mol. The summed E-state index contributed by atoms with van der Waals surface area (Å²) >= 11 is 1.44. The van der Waals surface area contributed by atoms with Crippen molar-refractivity contribution in [2.24, 2.45) is 0 Å². The van der Waals surface area contributed by atoms with E-state index in [0.29, 0.717) is 40.6 Å². The number of ether oxygens (including phenoxy) is 2. The van der Waals surface area contributed by atoms with Gasteiger partial charge in [0.1, 0.15) is 30.0 Å². The summed E-state index contributed by atoms with van der Waals surface area (Å²) < 4.78 is 27.1. The molecule has 0 saturated carbocycles. The van der Waals surface area contributed by atoms with Gasteiger partial charge in [-0.1, -0.05) is 30.3 Å². The first-order valence-electron chi connectivity index (χ1n) is 21.7. The smallest absolute Gasteiger partial charge is 0.488 e. The molecule has 3 saturated heterocycles. The van der Waals surface area contributed by atoms with Crippen molar-refractivity contribution >= 4 is 57.6 Å². The fourth-order valence-corrected chi connectivity index (χ4v) is 10.3. The van der Waals surface area contributed by atoms with Crippen LogP contribution in [0.3, 0.4) is 0 Å². The van der Waals surface area contributed by atoms with E-state index in [4.69, 9.17) is 9.47 Å². The Bertz CT molecular complexity index is 2500. The van der Waals surface area contributed by atoms with Crippen molar-refractivity contribution in [1.29, 1.82) is 0 Å². The zero-order valence-corrected chi connectivity index (χ0v) is 35.7. The number of halogens is 1. The van der Waals surface area contributed by atoms with Gasteiger partial charge in [0.2, 0.25) is 11.8 Å². The fourth-order valence-electron chi connectivity index (χ4n) is 9.14. The molecule has 9 rings (SSSR count). The lowest BCUT2D eigenvalue weighted by Crippen LogP contribution is -2.54. The Hall–Kier alpha value is -5.49. The SMILES string of the molecule is O=C1CCC(N2C(=O)c3ccc(C4CCN(CCCN5CCN(CCOc6ccc(Oc7c(-c8ccc(F)cc8)sc8cc(B(O)O)ccc78)cc6)CC5)CC4)cc3C2=O)C(=O)N1. The van der Waals surface area contributed by atoms with E-state index < -0.39 is 30.9 Å². The van der Waals surface area contributed by atoms with Gasteiger partial charge in [0.15, 0.2) is 5.75 Å². The quantitative estimate of drug-likeness (QED) is 0.104. The number of thiophene rings is 1. The zero-order valence-electron chi connectivity index (χ0n) is 34.8. The van der Waals surface area contributed by atoms with Crippen LogP contribution in [0.4, 0.5) is 4.39 Å². The molecule has 4 aliphatic heterocycles. The zero-order chi connectivity index (χ0) is 43.6. The van der Waals surface area contributed by atoms with Crippen molar-refractivity contribution in [2.75, 3.05) is 65.5 Å². The van der Waals surface area contributed by atoms with Crippen LogP contribution in [-0.2, 0) is 9.59 Å². The second-order valence-corrected chi connectivity index (χ2v) is 17.8. The molecule has 0 aliphatic carbocycles. The second-order valence-electron chi connectivity index (χ2n) is 16.7. The predicted octanol–water partition coefficient (Wildman–Crippen LogP) is 4.85. The van der Waals surface area contributed by atoms with Crippen molar-refractivity contribution < 1.29 is 43.1 Å². The summed E-state index contributed by atoms with van der Waals surface area (Å²) in [7, 11) is -1.59. The highest BCUT2D eigenvalue weighted by molar-refractivity contribution is 7.22. The van der Waals surface area contributed by atoms with Crippen molar-refractivity contribution in [3.63, 3.8) is 0 Å². The molecule has 0 spiro atoms. The van der Waals surface area contributed by atoms with Gasteiger partial charge in [-0.2, -0.15) is 0 Å². The topological polar surface area (TPSA) is 152 Å². The van der Waals surface area contributed by atoms with Gasteiger partial charge in [0, 0.05) is 49.2 Å². The van der Waals surface area contributed by atoms with Crippen LogP contribution in [0.25, 0.3) is 20.5 Å². The summed E-state index contributed by atoms with van der Waals surface area (Å²) in [5, 5.41) is 22.5. The van der Waals surface area contributed by atoms with E-state index in [0.717, 1.165) is 115 Å². The lowest BCUT2D eigenvalue weighted by atomic mass is 9.80. The largest absolute Gasteiger partial charge is 0.492 e. The van der Waals surface area contributed by atoms with Crippen LogP contribution < -0.4 is 20.3 Å². The van der Waals surface area contributed by atoms with Gasteiger partial charge in [-0.25, -0.2) is 4.39 Å². The lowest BCUT2D eigenvalue weighted by Gasteiger charge is -2.36. The number of nitrogens with zero attached hydrogens (tertiary/aromatic N) is 4. The number of carbonyl (C=O) groups is 4. The van der Waals surface area contributed by atoms with Crippen LogP contribution in [0, 0.1) is 5.82 Å². The molecule has 0 bridgehead atoms. The number of hydrogen-bond acceptors (Lipinski definition) is 12. The van der Waals surface area contributed by atoms with Gasteiger partial charge in [0.25, 0.3) is 11.8 Å². The number of hydrogen-bond donors (Lipinski definition) is 3. The first kappa shape index (κ1) is 42.8. The van der Waals surface area contributed by atoms with Crippen molar-refractivity contribution in [2.45, 2.75) is 44.1 Å². The summed E-state index contributed by atoms with van der Waals surface area (Å²) in [5.74, 6) is 0.0419. The number of nitrogens with one attached hydrogen (secondary N) is 1. The molecule has 4 aliphatic rings. The third-order valence-corrected chi connectivity index (χ3v) is 13.9. The van der Waals surface area contributed by atoms with Crippen LogP contribution in [0.1, 0.15) is 64.3 Å². The van der Waals surface area contributed by atoms with Gasteiger partial charge in [0.05, 0.1) is 16.0 Å². The minimum Gasteiger partial charge on any atom is -0.492 e. The Labute approximate surface area is 369 Å². The second kappa shape index (κ2) is 18.7. The average Bonchev–Trinajstić information content (AvgIpc) is 3.77. The Morgan fingerprint density at radius 2 is 1.40 bits per heavy atom. The molecule has 3 fully saturated rings. The van der Waals surface area contributed by atoms with Gasteiger partial charge < -0.3 is 29.3 Å². The number of piperidine rings is 2. The molecule has 4 amide bonds. The van der Waals surface area contributed by atoms with Crippen LogP contribution in [0.5, 0.6) is 17.2 Å². The maximum absolute atomic E-state index is 13.7. The van der Waals surface area contributed by atoms with Crippen molar-refractivity contribution in [3.8, 4) is 27.7 Å². The molecule has 1 atom stereocenters. The lowest BCUT2D eigenvalue weighted by molar-refractivity contribution is -0.136. The van der Waals surface area contributed by atoms with Gasteiger partial charge in [-0.3, -0.25) is 34.3 Å². The summed E-state index contributed by atoms with van der Waals surface area (Å²) in [4.78, 5) is 59.8. The first-order chi connectivity index (χ1) is 30.6. The van der Waals surface area contributed by atoms with Gasteiger partial charge in [-0.05, 0) is 129 Å². The van der Waals surface area contributed by atoms with Gasteiger partial charge in [-0.15, -0.1) is 11.3 Å². The Morgan fingerprint density at radius 3 is 2.10 bits per heavy atom. The molecule has 326 valence electrons. The number of fused-ring (bicyclic) bond motifs is 2. The standard InChI is InChI=1S/C47H49BFN5O8S/c49-34-6-2-31(3-7-34)44-43(38-13-5-33(48(59)60)29-41(38)63-44)62-36-10-8-35(9-11-36)61-27-26-53-24-22-52(23-25-53)19-1-18-51-20-16-30(17-21-51)32-4-12-37-39(28-32)47(58)54(46(37)57)40-14-15-42(55)50-45(40)56/h2-13,28-30,40,59-60H,1,14-27H2,(H,50,55,56). The maximum atomic E-state index is 13.7. The third-order valence-electron chi connectivity index (χ3n) is 12.7. The molecular formula is C47H49BFN5O8S. The summed E-state index contributed by atoms with van der Waals surface area (Å²) in [6.45, 7) is 9.48. The normalized spacial score (nSPS) is 19.2. The van der Waals surface area contributed by atoms with E-state index in [2.05, 4.69) is 20.0 Å². The molecule has 5 aromatic rings. The predicted molar refractivity (Wildman–Crippen MR) is 238 cm³/mol. The molecule has 3 N–H and O–H groups in total. The Balaban J connectivity index is 0.685. The molecule has 13 nitrogen and oxygen atoms in total. The highest BCUT2D eigenvalue weighted by Crippen LogP contribution is 2.46. The van der Waals surface area contributed by atoms with Crippen LogP contribution in [0.15, 0.2) is 84.9 Å². The minimum atomic E-state index is -1.59. The minimum absolute atomic E-state index is 0.0999. The number of likely N-dealkylation sites (tertiary alicyclic amines) is 1. The number of piperazine rings is 1. The highest BCUT2D eigenvalue weighted by Gasteiger charge is 2.45. The van der Waals surface area contributed by atoms with Crippen LogP contribution in [0.2, 0.25) is 0 Å². The molecule has 1 aromatic heterocycles. The third kappa shape index (κ3) is 9.42. The number of imide groups is 2. The van der Waals surface area contributed by atoms with Crippen LogP contribution in [-0.4, -0.2) is 132 Å². The number of amides is 4. The molecule has 5 heterocycles. The Kier molecular flexibility index (Phi) is 12.7. The molecule has 16 heteroatoms. The van der Waals surface area contributed by atoms with E-state index in [1.165, 1.54) is 23.5 Å². The molecule has 1 unspecified atom stereocenters. The van der Waals surface area contributed by atoms with E-state index in [1.54, 1.807) is 30.3 Å².